The van der Waals surface area contributed by atoms with Gasteiger partial charge in [0.15, 0.2) is 5.82 Å². The number of aryl methyl sites for hydroxylation is 3. The molecule has 1 aliphatic rings. The summed E-state index contributed by atoms with van der Waals surface area (Å²) in [5.74, 6) is 1.01. The average molecular weight is 323 g/mol. The lowest BCUT2D eigenvalue weighted by atomic mass is 9.91. The van der Waals surface area contributed by atoms with Crippen molar-refractivity contribution in [3.8, 4) is 11.3 Å². The first-order chi connectivity index (χ1) is 11.6. The highest BCUT2D eigenvalue weighted by Gasteiger charge is 2.21. The third-order valence-corrected chi connectivity index (χ3v) is 4.28. The van der Waals surface area contributed by atoms with Crippen molar-refractivity contribution in [3.05, 3.63) is 41.2 Å². The molecule has 126 valence electrons. The zero-order valence-corrected chi connectivity index (χ0v) is 14.7. The molecule has 0 unspecified atom stereocenters. The van der Waals surface area contributed by atoms with Crippen molar-refractivity contribution in [2.24, 2.45) is 5.92 Å². The van der Waals surface area contributed by atoms with Crippen molar-refractivity contribution in [2.75, 3.05) is 5.32 Å². The molecule has 3 rings (SSSR count). The van der Waals surface area contributed by atoms with Crippen LogP contribution in [0.3, 0.4) is 0 Å². The molecule has 24 heavy (non-hydrogen) atoms. The molecule has 0 saturated carbocycles. The molecule has 0 spiro atoms. The van der Waals surface area contributed by atoms with Gasteiger partial charge in [-0.05, 0) is 30.7 Å². The number of anilines is 1. The predicted octanol–water partition coefficient (Wildman–Crippen LogP) is 4.18. The summed E-state index contributed by atoms with van der Waals surface area (Å²) in [7, 11) is 0. The van der Waals surface area contributed by atoms with Gasteiger partial charge in [0.25, 0.3) is 0 Å². The quantitative estimate of drug-likeness (QED) is 0.898. The molecule has 4 nitrogen and oxygen atoms in total. The van der Waals surface area contributed by atoms with Crippen LogP contribution in [0, 0.1) is 5.92 Å². The number of hydrogen-bond acceptors (Lipinski definition) is 3. The van der Waals surface area contributed by atoms with Gasteiger partial charge in [-0.25, -0.2) is 9.97 Å². The Morgan fingerprint density at radius 3 is 2.75 bits per heavy atom. The average Bonchev–Trinajstić information content (AvgIpc) is 2.55. The van der Waals surface area contributed by atoms with Crippen LogP contribution in [0.25, 0.3) is 11.3 Å². The Labute approximate surface area is 143 Å². The highest BCUT2D eigenvalue weighted by molar-refractivity contribution is 5.90. The number of carbonyl (C=O) groups is 1. The lowest BCUT2D eigenvalue weighted by Crippen LogP contribution is -2.19. The van der Waals surface area contributed by atoms with E-state index in [1.807, 2.05) is 19.9 Å². The Kier molecular flexibility index (Phi) is 4.93. The molecule has 1 heterocycles. The lowest BCUT2D eigenvalue weighted by Gasteiger charge is -2.21. The molecule has 1 aliphatic carbocycles. The first kappa shape index (κ1) is 16.6. The minimum absolute atomic E-state index is 0.0211. The van der Waals surface area contributed by atoms with E-state index in [2.05, 4.69) is 30.4 Å². The normalized spacial score (nSPS) is 12.7. The zero-order valence-electron chi connectivity index (χ0n) is 14.7. The molecule has 4 heteroatoms. The van der Waals surface area contributed by atoms with E-state index in [-0.39, 0.29) is 5.91 Å². The van der Waals surface area contributed by atoms with Gasteiger partial charge in [0.1, 0.15) is 0 Å². The van der Waals surface area contributed by atoms with Crippen molar-refractivity contribution >= 4 is 11.7 Å². The van der Waals surface area contributed by atoms with Crippen LogP contribution in [-0.2, 0) is 24.1 Å². The lowest BCUT2D eigenvalue weighted by molar-refractivity contribution is -0.116. The molecule has 0 bridgehead atoms. The third kappa shape index (κ3) is 3.48. The minimum Gasteiger partial charge on any atom is -0.309 e. The highest BCUT2D eigenvalue weighted by atomic mass is 16.1. The Balaban J connectivity index is 1.98. The molecular formula is C20H25N3O. The molecule has 2 aromatic rings. The van der Waals surface area contributed by atoms with Crippen LogP contribution in [-0.4, -0.2) is 15.9 Å². The summed E-state index contributed by atoms with van der Waals surface area (Å²) in [6.07, 6.45) is 4.15. The fraction of sp³-hybridized carbons (Fsp3) is 0.450. The number of benzene rings is 1. The topological polar surface area (TPSA) is 54.9 Å². The number of rotatable bonds is 5. The number of nitrogens with zero attached hydrogens (tertiary/aromatic N) is 2. The summed E-state index contributed by atoms with van der Waals surface area (Å²) in [6.45, 7) is 6.21. The van der Waals surface area contributed by atoms with Gasteiger partial charge in [0, 0.05) is 12.0 Å². The fourth-order valence-corrected chi connectivity index (χ4v) is 3.18. The standard InChI is InChI=1S/C20H25N3O/c1-4-7-17-20(23-18(24)12-13(2)3)22-16-11-10-14-8-5-6-9-15(14)19(16)21-17/h5-6,8-9,13H,4,7,10-12H2,1-3H3,(H,22,23,24). The van der Waals surface area contributed by atoms with Crippen molar-refractivity contribution in [3.63, 3.8) is 0 Å². The van der Waals surface area contributed by atoms with Gasteiger partial charge < -0.3 is 5.32 Å². The summed E-state index contributed by atoms with van der Waals surface area (Å²) in [5.41, 5.74) is 5.39. The van der Waals surface area contributed by atoms with Crippen LogP contribution in [0.4, 0.5) is 5.82 Å². The van der Waals surface area contributed by atoms with Crippen LogP contribution in [0.5, 0.6) is 0 Å². The Morgan fingerprint density at radius 1 is 1.21 bits per heavy atom. The van der Waals surface area contributed by atoms with Crippen LogP contribution in [0.2, 0.25) is 0 Å². The molecule has 0 atom stereocenters. The van der Waals surface area contributed by atoms with Gasteiger partial charge in [-0.1, -0.05) is 51.5 Å². The molecule has 0 saturated heterocycles. The molecule has 1 amide bonds. The van der Waals surface area contributed by atoms with Gasteiger partial charge in [0.2, 0.25) is 5.91 Å². The number of fused-ring (bicyclic) bond motifs is 3. The molecule has 0 fully saturated rings. The van der Waals surface area contributed by atoms with Crippen molar-refractivity contribution in [2.45, 2.75) is 52.9 Å². The van der Waals surface area contributed by atoms with Gasteiger partial charge in [-0.15, -0.1) is 0 Å². The maximum absolute atomic E-state index is 12.2. The van der Waals surface area contributed by atoms with Crippen LogP contribution in [0.15, 0.2) is 24.3 Å². The molecule has 0 aliphatic heterocycles. The summed E-state index contributed by atoms with van der Waals surface area (Å²) in [4.78, 5) is 21.8. The second-order valence-electron chi connectivity index (χ2n) is 6.87. The van der Waals surface area contributed by atoms with Crippen LogP contribution < -0.4 is 5.32 Å². The third-order valence-electron chi connectivity index (χ3n) is 4.28. The fourth-order valence-electron chi connectivity index (χ4n) is 3.18. The van der Waals surface area contributed by atoms with Crippen LogP contribution >= 0.6 is 0 Å². The molecule has 0 radical (unpaired) electrons. The zero-order chi connectivity index (χ0) is 17.1. The van der Waals surface area contributed by atoms with Gasteiger partial charge in [0.05, 0.1) is 17.1 Å². The Morgan fingerprint density at radius 2 is 2.00 bits per heavy atom. The highest BCUT2D eigenvalue weighted by Crippen LogP contribution is 2.32. The van der Waals surface area contributed by atoms with E-state index in [0.29, 0.717) is 18.2 Å². The number of aromatic nitrogens is 2. The van der Waals surface area contributed by atoms with Crippen LogP contribution in [0.1, 0.15) is 50.6 Å². The predicted molar refractivity (Wildman–Crippen MR) is 97.0 cm³/mol. The van der Waals surface area contributed by atoms with Crippen molar-refractivity contribution in [1.82, 2.24) is 9.97 Å². The molecule has 1 N–H and O–H groups in total. The molecule has 1 aromatic carbocycles. The van der Waals surface area contributed by atoms with Crippen molar-refractivity contribution < 1.29 is 4.79 Å². The maximum atomic E-state index is 12.2. The Bertz CT molecular complexity index is 753. The summed E-state index contributed by atoms with van der Waals surface area (Å²) in [6, 6.07) is 8.41. The second kappa shape index (κ2) is 7.12. The van der Waals surface area contributed by atoms with E-state index >= 15 is 0 Å². The Hall–Kier alpha value is -2.23. The van der Waals surface area contributed by atoms with E-state index in [4.69, 9.17) is 9.97 Å². The first-order valence-corrected chi connectivity index (χ1v) is 8.86. The monoisotopic (exact) mass is 323 g/mol. The van der Waals surface area contributed by atoms with E-state index in [1.165, 1.54) is 11.1 Å². The second-order valence-corrected chi connectivity index (χ2v) is 6.87. The van der Waals surface area contributed by atoms with E-state index in [0.717, 1.165) is 42.8 Å². The summed E-state index contributed by atoms with van der Waals surface area (Å²) >= 11 is 0. The molecular weight excluding hydrogens is 298 g/mol. The largest absolute Gasteiger partial charge is 0.309 e. The van der Waals surface area contributed by atoms with E-state index in [1.54, 1.807) is 0 Å². The van der Waals surface area contributed by atoms with Crippen molar-refractivity contribution in [1.29, 1.82) is 0 Å². The van der Waals surface area contributed by atoms with Gasteiger partial charge in [-0.2, -0.15) is 0 Å². The summed E-state index contributed by atoms with van der Waals surface area (Å²) in [5, 5.41) is 2.99. The SMILES string of the molecule is CCCc1nc2c(nc1NC(=O)CC(C)C)CCc1ccccc1-2. The van der Waals surface area contributed by atoms with Gasteiger partial charge in [-0.3, -0.25) is 4.79 Å². The number of nitrogens with one attached hydrogen (secondary N) is 1. The first-order valence-electron chi connectivity index (χ1n) is 8.86. The smallest absolute Gasteiger partial charge is 0.225 e. The molecule has 1 aromatic heterocycles. The maximum Gasteiger partial charge on any atom is 0.225 e. The van der Waals surface area contributed by atoms with Gasteiger partial charge >= 0.3 is 0 Å². The minimum atomic E-state index is 0.0211. The number of amides is 1. The number of hydrogen-bond donors (Lipinski definition) is 1. The van der Waals surface area contributed by atoms with E-state index in [9.17, 15) is 4.79 Å². The van der Waals surface area contributed by atoms with E-state index < -0.39 is 0 Å². The summed E-state index contributed by atoms with van der Waals surface area (Å²) < 4.78 is 0. The number of carbonyl (C=O) groups excluding carboxylic acids is 1.